The lowest BCUT2D eigenvalue weighted by molar-refractivity contribution is -0.148. The Bertz CT molecular complexity index is 816. The number of H-pyrrole nitrogens is 1. The van der Waals surface area contributed by atoms with Crippen LogP contribution < -0.4 is 5.73 Å². The van der Waals surface area contributed by atoms with Crippen molar-refractivity contribution in [1.29, 1.82) is 0 Å². The first-order chi connectivity index (χ1) is 13.3. The van der Waals surface area contributed by atoms with E-state index in [9.17, 15) is 24.6 Å². The summed E-state index contributed by atoms with van der Waals surface area (Å²) in [5.41, 5.74) is 5.64. The fourth-order valence-corrected chi connectivity index (χ4v) is 5.96. The predicted molar refractivity (Wildman–Crippen MR) is 100 cm³/mol. The molecule has 28 heavy (non-hydrogen) atoms. The van der Waals surface area contributed by atoms with E-state index in [-0.39, 0.29) is 28.6 Å². The number of aromatic amines is 1. The second-order valence-electron chi connectivity index (χ2n) is 6.47. The molecule has 0 aliphatic carbocycles. The number of aromatic nitrogens is 4. The van der Waals surface area contributed by atoms with Gasteiger partial charge in [0.1, 0.15) is 21.9 Å². The number of nitrogens with zero attached hydrogens (tertiary/aromatic N) is 4. The van der Waals surface area contributed by atoms with Crippen LogP contribution in [-0.4, -0.2) is 75.5 Å². The zero-order chi connectivity index (χ0) is 20.5. The molecule has 13 heteroatoms. The van der Waals surface area contributed by atoms with Crippen molar-refractivity contribution in [2.45, 2.75) is 53.9 Å². The van der Waals surface area contributed by atoms with Gasteiger partial charge in [0.05, 0.1) is 0 Å². The number of β-lactam (4-membered cyclic amide) rings is 1. The molecular formula is C15H20N6O5S2. The van der Waals surface area contributed by atoms with E-state index in [2.05, 4.69) is 20.6 Å². The lowest BCUT2D eigenvalue weighted by Gasteiger charge is -2.49. The molecule has 3 heterocycles. The van der Waals surface area contributed by atoms with E-state index in [0.717, 1.165) is 29.5 Å². The van der Waals surface area contributed by atoms with E-state index in [1.807, 2.05) is 6.92 Å². The average Bonchev–Trinajstić information content (AvgIpc) is 3.18. The Balaban J connectivity index is 2.12. The Morgan fingerprint density at radius 3 is 2.75 bits per heavy atom. The molecule has 2 aliphatic rings. The van der Waals surface area contributed by atoms with Crippen LogP contribution in [0, 0.1) is 0 Å². The average molecular weight is 428 g/mol. The Morgan fingerprint density at radius 1 is 1.43 bits per heavy atom. The summed E-state index contributed by atoms with van der Waals surface area (Å²) in [6, 6.07) is -0.786. The molecule has 3 rings (SSSR count). The number of carboxylic acid groups (broad SMARTS) is 2. The van der Waals surface area contributed by atoms with Crippen molar-refractivity contribution in [2.75, 3.05) is 5.75 Å². The summed E-state index contributed by atoms with van der Waals surface area (Å²) in [6.45, 7) is 1.99. The van der Waals surface area contributed by atoms with E-state index in [0.29, 0.717) is 6.42 Å². The number of hydrogen-bond donors (Lipinski definition) is 4. The van der Waals surface area contributed by atoms with E-state index in [1.165, 1.54) is 11.8 Å². The molecule has 3 atom stereocenters. The van der Waals surface area contributed by atoms with Crippen molar-refractivity contribution in [1.82, 2.24) is 25.5 Å². The summed E-state index contributed by atoms with van der Waals surface area (Å²) in [5.74, 6) is -2.93. The molecule has 0 spiro atoms. The highest BCUT2D eigenvalue weighted by Gasteiger charge is 2.56. The molecule has 1 amide bonds. The summed E-state index contributed by atoms with van der Waals surface area (Å²) in [7, 11) is 0. The fraction of sp³-hybridized carbons (Fsp3) is 0.600. The summed E-state index contributed by atoms with van der Waals surface area (Å²) in [6.07, 6.45) is 2.39. The molecule has 152 valence electrons. The molecule has 1 saturated heterocycles. The lowest BCUT2D eigenvalue weighted by atomic mass is 9.89. The number of hydrogen-bond acceptors (Lipinski definition) is 9. The molecule has 2 aliphatic heterocycles. The van der Waals surface area contributed by atoms with Crippen molar-refractivity contribution >= 4 is 41.4 Å². The number of fused-ring (bicyclic) bond motifs is 1. The van der Waals surface area contributed by atoms with Crippen LogP contribution in [0.15, 0.2) is 16.4 Å². The third-order valence-electron chi connectivity index (χ3n) is 4.77. The minimum absolute atomic E-state index is 0.136. The number of rotatable bonds is 9. The summed E-state index contributed by atoms with van der Waals surface area (Å²) in [4.78, 5) is 37.9. The van der Waals surface area contributed by atoms with Gasteiger partial charge in [-0.2, -0.15) is 0 Å². The molecule has 0 radical (unpaired) electrons. The van der Waals surface area contributed by atoms with Gasteiger partial charge < -0.3 is 15.9 Å². The van der Waals surface area contributed by atoms with Gasteiger partial charge in [-0.3, -0.25) is 14.5 Å². The summed E-state index contributed by atoms with van der Waals surface area (Å²) in [5, 5.41) is 32.9. The highest BCUT2D eigenvalue weighted by Crippen LogP contribution is 2.49. The number of nitrogens with one attached hydrogen (secondary N) is 1. The normalized spacial score (nSPS) is 23.8. The van der Waals surface area contributed by atoms with Gasteiger partial charge in [-0.05, 0) is 22.4 Å². The monoisotopic (exact) mass is 428 g/mol. The van der Waals surface area contributed by atoms with E-state index >= 15 is 0 Å². The number of tetrazole rings is 1. The number of carbonyl (C=O) groups is 3. The highest BCUT2D eigenvalue weighted by atomic mass is 32.2. The van der Waals surface area contributed by atoms with Crippen LogP contribution in [0.3, 0.4) is 0 Å². The van der Waals surface area contributed by atoms with Crippen LogP contribution >= 0.6 is 23.5 Å². The minimum Gasteiger partial charge on any atom is -0.480 e. The van der Waals surface area contributed by atoms with Gasteiger partial charge in [0, 0.05) is 5.75 Å². The van der Waals surface area contributed by atoms with E-state index < -0.39 is 34.0 Å². The molecule has 0 bridgehead atoms. The van der Waals surface area contributed by atoms with Gasteiger partial charge in [-0.15, -0.1) is 16.9 Å². The van der Waals surface area contributed by atoms with Crippen molar-refractivity contribution in [3.05, 3.63) is 11.3 Å². The van der Waals surface area contributed by atoms with E-state index in [1.54, 1.807) is 0 Å². The summed E-state index contributed by atoms with van der Waals surface area (Å²) < 4.78 is -1.62. The molecular weight excluding hydrogens is 408 g/mol. The number of aliphatic carboxylic acids is 2. The zero-order valence-electron chi connectivity index (χ0n) is 15.0. The number of amides is 1. The van der Waals surface area contributed by atoms with Crippen molar-refractivity contribution < 1.29 is 24.6 Å². The number of nitrogens with two attached hydrogens (primary N) is 1. The maximum atomic E-state index is 12.5. The second kappa shape index (κ2) is 8.09. The maximum Gasteiger partial charge on any atom is 0.352 e. The van der Waals surface area contributed by atoms with E-state index in [4.69, 9.17) is 5.73 Å². The Hall–Kier alpha value is -2.12. The molecule has 5 N–H and O–H groups in total. The molecule has 11 nitrogen and oxygen atoms in total. The molecule has 1 fully saturated rings. The topological polar surface area (TPSA) is 175 Å². The maximum absolute atomic E-state index is 12.5. The number of carboxylic acids is 2. The largest absolute Gasteiger partial charge is 0.480 e. The highest BCUT2D eigenvalue weighted by molar-refractivity contribution is 8.02. The first-order valence-corrected chi connectivity index (χ1v) is 10.5. The zero-order valence-corrected chi connectivity index (χ0v) is 16.6. The standard InChI is InChI=1S/C15H20N6O5S2/c1-2-3-4-5-15(13(25)26,28-14-17-19-20-18-14)7-6-27-11-8(16)10(22)21(11)9(7)12(23)24/h8,11H,2-6,16H2,1H3,(H,23,24)(H,25,26)(H,17,18,19,20)/t8?,11-,15?/m0/s1. The van der Waals surface area contributed by atoms with Gasteiger partial charge >= 0.3 is 11.9 Å². The predicted octanol–water partition coefficient (Wildman–Crippen LogP) is 0.277. The smallest absolute Gasteiger partial charge is 0.352 e. The first-order valence-electron chi connectivity index (χ1n) is 8.66. The van der Waals surface area contributed by atoms with Crippen LogP contribution in [0.2, 0.25) is 0 Å². The van der Waals surface area contributed by atoms with Crippen LogP contribution in [0.4, 0.5) is 0 Å². The summed E-state index contributed by atoms with van der Waals surface area (Å²) >= 11 is 2.13. The van der Waals surface area contributed by atoms with Gasteiger partial charge in [0.15, 0.2) is 0 Å². The lowest BCUT2D eigenvalue weighted by Crippen LogP contribution is -2.69. The van der Waals surface area contributed by atoms with Gasteiger partial charge in [0.2, 0.25) is 11.1 Å². The Morgan fingerprint density at radius 2 is 2.18 bits per heavy atom. The molecule has 1 aromatic heterocycles. The van der Waals surface area contributed by atoms with Crippen LogP contribution in [0.25, 0.3) is 0 Å². The molecule has 1 aromatic rings. The Kier molecular flexibility index (Phi) is 5.95. The third kappa shape index (κ3) is 3.37. The van der Waals surface area contributed by atoms with Crippen molar-refractivity contribution in [2.24, 2.45) is 5.73 Å². The van der Waals surface area contributed by atoms with Crippen LogP contribution in [0.1, 0.15) is 32.6 Å². The molecule has 2 unspecified atom stereocenters. The molecule has 0 aromatic carbocycles. The SMILES string of the molecule is CCCCCC(Sc1nnn[nH]1)(C(=O)O)C1=C(C(=O)O)N2C(=O)C(N)[C@@H]2SC1. The number of thioether (sulfide) groups is 2. The van der Waals surface area contributed by atoms with Crippen molar-refractivity contribution in [3.63, 3.8) is 0 Å². The second-order valence-corrected chi connectivity index (χ2v) is 8.86. The van der Waals surface area contributed by atoms with Crippen LogP contribution in [-0.2, 0) is 14.4 Å². The fourth-order valence-electron chi connectivity index (χ4n) is 3.35. The minimum atomic E-state index is -1.62. The number of carbonyl (C=O) groups excluding carboxylic acids is 1. The van der Waals surface area contributed by atoms with Gasteiger partial charge in [-0.1, -0.05) is 37.9 Å². The quantitative estimate of drug-likeness (QED) is 0.241. The van der Waals surface area contributed by atoms with Gasteiger partial charge in [0.25, 0.3) is 0 Å². The Labute approximate surface area is 168 Å². The number of unbranched alkanes of at least 4 members (excludes halogenated alkanes) is 2. The van der Waals surface area contributed by atoms with Gasteiger partial charge in [-0.25, -0.2) is 9.89 Å². The van der Waals surface area contributed by atoms with Crippen molar-refractivity contribution in [3.8, 4) is 0 Å². The third-order valence-corrected chi connectivity index (χ3v) is 7.41. The molecule has 0 saturated carbocycles. The van der Waals surface area contributed by atoms with Crippen LogP contribution in [0.5, 0.6) is 0 Å². The first kappa shape index (κ1) is 20.6.